The largest absolute Gasteiger partial charge is 0.451 e. The van der Waals surface area contributed by atoms with Crippen molar-refractivity contribution in [3.05, 3.63) is 64.1 Å². The molecule has 10 heteroatoms. The molecule has 0 spiro atoms. The van der Waals surface area contributed by atoms with Crippen LogP contribution >= 0.6 is 27.5 Å². The van der Waals surface area contributed by atoms with Crippen molar-refractivity contribution in [3.8, 4) is 11.4 Å². The lowest BCUT2D eigenvalue weighted by molar-refractivity contribution is 0.0427. The SMILES string of the molecule is O=C(OCc1nc(-c2ccc(F)c(F)c2)no1)c1nsc2cc(Br)ccc12. The molecule has 6 nitrogen and oxygen atoms in total. The van der Waals surface area contributed by atoms with Crippen molar-refractivity contribution < 1.29 is 22.8 Å². The molecule has 0 amide bonds. The summed E-state index contributed by atoms with van der Waals surface area (Å²) in [5, 5.41) is 4.35. The number of rotatable bonds is 4. The Labute approximate surface area is 163 Å². The van der Waals surface area contributed by atoms with Crippen molar-refractivity contribution in [1.82, 2.24) is 14.5 Å². The first-order chi connectivity index (χ1) is 13.0. The van der Waals surface area contributed by atoms with Gasteiger partial charge >= 0.3 is 5.97 Å². The second kappa shape index (κ2) is 7.12. The molecule has 4 aromatic rings. The number of halogens is 3. The summed E-state index contributed by atoms with van der Waals surface area (Å²) in [5.41, 5.74) is 0.439. The predicted octanol–water partition coefficient (Wildman–Crippen LogP) is 4.74. The van der Waals surface area contributed by atoms with Crippen LogP contribution in [0.1, 0.15) is 16.4 Å². The average Bonchev–Trinajstić information content (AvgIpc) is 3.28. The quantitative estimate of drug-likeness (QED) is 0.416. The summed E-state index contributed by atoms with van der Waals surface area (Å²) in [6.45, 7) is -0.273. The molecule has 136 valence electrons. The summed E-state index contributed by atoms with van der Waals surface area (Å²) in [6.07, 6.45) is 0. The van der Waals surface area contributed by atoms with Crippen molar-refractivity contribution in [2.45, 2.75) is 6.61 Å². The molecule has 0 radical (unpaired) electrons. The van der Waals surface area contributed by atoms with E-state index in [9.17, 15) is 13.6 Å². The molecule has 0 N–H and O–H groups in total. The number of hydrogen-bond acceptors (Lipinski definition) is 7. The van der Waals surface area contributed by atoms with Crippen LogP contribution in [0.5, 0.6) is 0 Å². The highest BCUT2D eigenvalue weighted by Gasteiger charge is 2.18. The van der Waals surface area contributed by atoms with E-state index in [4.69, 9.17) is 9.26 Å². The van der Waals surface area contributed by atoms with Crippen LogP contribution in [-0.4, -0.2) is 20.5 Å². The molecule has 0 bridgehead atoms. The van der Waals surface area contributed by atoms with Crippen molar-refractivity contribution in [3.63, 3.8) is 0 Å². The number of esters is 1. The molecule has 2 heterocycles. The van der Waals surface area contributed by atoms with Crippen LogP contribution in [0.15, 0.2) is 45.4 Å². The third-order valence-corrected chi connectivity index (χ3v) is 4.90. The van der Waals surface area contributed by atoms with Crippen LogP contribution < -0.4 is 0 Å². The molecule has 27 heavy (non-hydrogen) atoms. The molecular formula is C17H8BrF2N3O3S. The summed E-state index contributed by atoms with van der Waals surface area (Å²) in [5.74, 6) is -2.54. The van der Waals surface area contributed by atoms with E-state index in [-0.39, 0.29) is 29.6 Å². The average molecular weight is 452 g/mol. The van der Waals surface area contributed by atoms with Gasteiger partial charge in [0, 0.05) is 15.4 Å². The Morgan fingerprint density at radius 3 is 2.85 bits per heavy atom. The van der Waals surface area contributed by atoms with Crippen LogP contribution in [0.3, 0.4) is 0 Å². The highest BCUT2D eigenvalue weighted by Crippen LogP contribution is 2.27. The lowest BCUT2D eigenvalue weighted by atomic mass is 10.2. The standard InChI is InChI=1S/C17H8BrF2N3O3S/c18-9-2-3-10-13(6-9)27-23-15(10)17(24)25-7-14-21-16(22-26-14)8-1-4-11(19)12(20)5-8/h1-6H,7H2. The molecule has 0 fully saturated rings. The van der Waals surface area contributed by atoms with Gasteiger partial charge in [-0.2, -0.15) is 9.36 Å². The summed E-state index contributed by atoms with van der Waals surface area (Å²) in [7, 11) is 0. The predicted molar refractivity (Wildman–Crippen MR) is 96.1 cm³/mol. The third-order valence-electron chi connectivity index (χ3n) is 3.60. The number of hydrogen-bond donors (Lipinski definition) is 0. The summed E-state index contributed by atoms with van der Waals surface area (Å²) in [6, 6.07) is 8.67. The Kier molecular flexibility index (Phi) is 4.66. The minimum atomic E-state index is -1.02. The smallest absolute Gasteiger partial charge is 0.359 e. The minimum absolute atomic E-state index is 0.0189. The third kappa shape index (κ3) is 3.58. The highest BCUT2D eigenvalue weighted by atomic mass is 79.9. The molecule has 0 saturated carbocycles. The van der Waals surface area contributed by atoms with E-state index < -0.39 is 17.6 Å². The lowest BCUT2D eigenvalue weighted by Gasteiger charge is -1.99. The first-order valence-corrected chi connectivity index (χ1v) is 9.08. The summed E-state index contributed by atoms with van der Waals surface area (Å²) >= 11 is 4.54. The van der Waals surface area contributed by atoms with E-state index in [0.29, 0.717) is 5.39 Å². The lowest BCUT2D eigenvalue weighted by Crippen LogP contribution is -2.06. The van der Waals surface area contributed by atoms with Crippen LogP contribution in [0.25, 0.3) is 21.5 Å². The number of benzene rings is 2. The van der Waals surface area contributed by atoms with Crippen LogP contribution in [0.2, 0.25) is 0 Å². The second-order valence-corrected chi connectivity index (χ2v) is 7.11. The summed E-state index contributed by atoms with van der Waals surface area (Å²) in [4.78, 5) is 16.3. The molecule has 0 atom stereocenters. The van der Waals surface area contributed by atoms with Crippen LogP contribution in [-0.2, 0) is 11.3 Å². The minimum Gasteiger partial charge on any atom is -0.451 e. The number of fused-ring (bicyclic) bond motifs is 1. The summed E-state index contributed by atoms with van der Waals surface area (Å²) < 4.78 is 42.3. The topological polar surface area (TPSA) is 78.1 Å². The van der Waals surface area contributed by atoms with Gasteiger partial charge in [-0.05, 0) is 47.9 Å². The van der Waals surface area contributed by atoms with E-state index in [1.54, 1.807) is 12.1 Å². The zero-order valence-electron chi connectivity index (χ0n) is 13.3. The molecular weight excluding hydrogens is 444 g/mol. The van der Waals surface area contributed by atoms with Crippen LogP contribution in [0.4, 0.5) is 8.78 Å². The number of carbonyl (C=O) groups excluding carboxylic acids is 1. The zero-order chi connectivity index (χ0) is 19.0. The van der Waals surface area contributed by atoms with E-state index in [0.717, 1.165) is 21.3 Å². The van der Waals surface area contributed by atoms with Gasteiger partial charge < -0.3 is 9.26 Å². The van der Waals surface area contributed by atoms with Gasteiger partial charge in [0.05, 0.1) is 4.70 Å². The fourth-order valence-electron chi connectivity index (χ4n) is 2.32. The molecule has 0 saturated heterocycles. The van der Waals surface area contributed by atoms with Gasteiger partial charge in [-0.15, -0.1) is 0 Å². The Bertz CT molecular complexity index is 1160. The Morgan fingerprint density at radius 1 is 1.19 bits per heavy atom. The highest BCUT2D eigenvalue weighted by molar-refractivity contribution is 9.10. The number of carbonyl (C=O) groups is 1. The second-order valence-electron chi connectivity index (χ2n) is 5.39. The van der Waals surface area contributed by atoms with Gasteiger partial charge in [-0.1, -0.05) is 21.1 Å². The van der Waals surface area contributed by atoms with Gasteiger partial charge in [-0.25, -0.2) is 13.6 Å². The van der Waals surface area contributed by atoms with Crippen molar-refractivity contribution in [1.29, 1.82) is 0 Å². The Morgan fingerprint density at radius 2 is 2.04 bits per heavy atom. The molecule has 0 aliphatic rings. The molecule has 0 unspecified atom stereocenters. The molecule has 2 aromatic carbocycles. The van der Waals surface area contributed by atoms with Gasteiger partial charge in [0.2, 0.25) is 5.82 Å². The van der Waals surface area contributed by atoms with E-state index in [1.807, 2.05) is 6.07 Å². The molecule has 0 aliphatic heterocycles. The number of aromatic nitrogens is 3. The van der Waals surface area contributed by atoms with E-state index in [2.05, 4.69) is 30.4 Å². The molecule has 0 aliphatic carbocycles. The fourth-order valence-corrected chi connectivity index (χ4v) is 3.64. The fraction of sp³-hybridized carbons (Fsp3) is 0.0588. The first kappa shape index (κ1) is 17.7. The van der Waals surface area contributed by atoms with Gasteiger partial charge in [0.1, 0.15) is 0 Å². The van der Waals surface area contributed by atoms with Crippen molar-refractivity contribution >= 4 is 43.5 Å². The van der Waals surface area contributed by atoms with Gasteiger partial charge in [0.15, 0.2) is 23.9 Å². The zero-order valence-corrected chi connectivity index (χ0v) is 15.7. The maximum Gasteiger partial charge on any atom is 0.359 e. The molecule has 2 aromatic heterocycles. The number of nitrogens with zero attached hydrogens (tertiary/aromatic N) is 3. The Hall–Kier alpha value is -2.72. The maximum absolute atomic E-state index is 13.3. The first-order valence-electron chi connectivity index (χ1n) is 7.51. The normalized spacial score (nSPS) is 11.1. The van der Waals surface area contributed by atoms with E-state index >= 15 is 0 Å². The van der Waals surface area contributed by atoms with Gasteiger partial charge in [0.25, 0.3) is 5.89 Å². The molecule has 4 rings (SSSR count). The van der Waals surface area contributed by atoms with Gasteiger partial charge in [-0.3, -0.25) is 0 Å². The van der Waals surface area contributed by atoms with Crippen molar-refractivity contribution in [2.24, 2.45) is 0 Å². The monoisotopic (exact) mass is 451 g/mol. The van der Waals surface area contributed by atoms with Crippen molar-refractivity contribution in [2.75, 3.05) is 0 Å². The maximum atomic E-state index is 13.3. The Balaban J connectivity index is 1.48. The number of ether oxygens (including phenoxy) is 1. The van der Waals surface area contributed by atoms with Crippen LogP contribution in [0, 0.1) is 11.6 Å². The van der Waals surface area contributed by atoms with E-state index in [1.165, 1.54) is 17.6 Å².